The number of ether oxygens (including phenoxy) is 1. The van der Waals surface area contributed by atoms with Crippen molar-refractivity contribution in [1.29, 1.82) is 0 Å². The first-order chi connectivity index (χ1) is 13.4. The number of methoxy groups -OCH3 is 1. The van der Waals surface area contributed by atoms with Crippen LogP contribution in [0.5, 0.6) is 5.75 Å². The molecule has 1 aromatic heterocycles. The van der Waals surface area contributed by atoms with E-state index in [1.807, 2.05) is 31.2 Å². The van der Waals surface area contributed by atoms with Crippen LogP contribution in [0.15, 0.2) is 51.7 Å². The molecular formula is C23H28N2O3. The van der Waals surface area contributed by atoms with E-state index in [0.29, 0.717) is 12.1 Å². The van der Waals surface area contributed by atoms with Gasteiger partial charge in [0.05, 0.1) is 13.2 Å². The van der Waals surface area contributed by atoms with Gasteiger partial charge in [-0.2, -0.15) is 0 Å². The van der Waals surface area contributed by atoms with Gasteiger partial charge in [-0.3, -0.25) is 0 Å². The average molecular weight is 380 g/mol. The maximum absolute atomic E-state index is 12.0. The van der Waals surface area contributed by atoms with E-state index < -0.39 is 0 Å². The van der Waals surface area contributed by atoms with Crippen molar-refractivity contribution in [2.75, 3.05) is 27.7 Å². The van der Waals surface area contributed by atoms with Gasteiger partial charge in [-0.1, -0.05) is 18.2 Å². The van der Waals surface area contributed by atoms with E-state index in [0.717, 1.165) is 34.4 Å². The zero-order valence-electron chi connectivity index (χ0n) is 17.2. The van der Waals surface area contributed by atoms with Crippen LogP contribution in [-0.4, -0.2) is 32.6 Å². The molecule has 3 aromatic rings. The lowest BCUT2D eigenvalue weighted by atomic mass is 10.0. The molecule has 28 heavy (non-hydrogen) atoms. The van der Waals surface area contributed by atoms with E-state index in [-0.39, 0.29) is 11.7 Å². The molecule has 0 aliphatic carbocycles. The van der Waals surface area contributed by atoms with Crippen LogP contribution in [0.2, 0.25) is 0 Å². The molecule has 3 rings (SSSR count). The Bertz CT molecular complexity index is 1020. The molecule has 1 heterocycles. The van der Waals surface area contributed by atoms with Crippen LogP contribution in [0, 0.1) is 13.8 Å². The van der Waals surface area contributed by atoms with Crippen molar-refractivity contribution in [3.8, 4) is 5.75 Å². The third-order valence-corrected chi connectivity index (χ3v) is 5.22. The first kappa shape index (κ1) is 20.1. The van der Waals surface area contributed by atoms with Crippen molar-refractivity contribution in [1.82, 2.24) is 10.2 Å². The van der Waals surface area contributed by atoms with Gasteiger partial charge in [-0.05, 0) is 62.8 Å². The fourth-order valence-corrected chi connectivity index (χ4v) is 3.49. The Labute approximate surface area is 165 Å². The number of hydrogen-bond acceptors (Lipinski definition) is 5. The Morgan fingerprint density at radius 1 is 1.11 bits per heavy atom. The van der Waals surface area contributed by atoms with Crippen LogP contribution in [0.3, 0.4) is 0 Å². The first-order valence-corrected chi connectivity index (χ1v) is 9.44. The Morgan fingerprint density at radius 3 is 2.54 bits per heavy atom. The summed E-state index contributed by atoms with van der Waals surface area (Å²) in [5, 5.41) is 4.49. The lowest BCUT2D eigenvalue weighted by Crippen LogP contribution is -2.31. The Balaban J connectivity index is 1.83. The minimum absolute atomic E-state index is 0.145. The van der Waals surface area contributed by atoms with Crippen LogP contribution >= 0.6 is 0 Å². The quantitative estimate of drug-likeness (QED) is 0.632. The highest BCUT2D eigenvalue weighted by Crippen LogP contribution is 2.27. The molecule has 0 saturated carbocycles. The monoisotopic (exact) mass is 380 g/mol. The molecule has 0 spiro atoms. The SMILES string of the molecule is COc1ccccc1[C@@H](CNCc1cc(=O)oc2cc(C)c(C)cc12)N(C)C. The third-order valence-electron chi connectivity index (χ3n) is 5.22. The number of likely N-dealkylation sites (N-methyl/N-ethyl adjacent to an activating group) is 1. The van der Waals surface area contributed by atoms with Gasteiger partial charge < -0.3 is 19.4 Å². The molecule has 0 saturated heterocycles. The highest BCUT2D eigenvalue weighted by molar-refractivity contribution is 5.81. The van der Waals surface area contributed by atoms with Crippen LogP contribution in [0.1, 0.15) is 28.3 Å². The van der Waals surface area contributed by atoms with Gasteiger partial charge in [0.25, 0.3) is 0 Å². The number of para-hydroxylation sites is 1. The topological polar surface area (TPSA) is 54.7 Å². The number of nitrogens with zero attached hydrogens (tertiary/aromatic N) is 1. The van der Waals surface area contributed by atoms with Crippen LogP contribution in [-0.2, 0) is 6.54 Å². The zero-order valence-corrected chi connectivity index (χ0v) is 17.2. The molecule has 5 heteroatoms. The summed E-state index contributed by atoms with van der Waals surface area (Å²) in [7, 11) is 5.80. The molecular weight excluding hydrogens is 352 g/mol. The Hall–Kier alpha value is -2.63. The van der Waals surface area contributed by atoms with Gasteiger partial charge in [0.1, 0.15) is 11.3 Å². The van der Waals surface area contributed by atoms with E-state index in [1.165, 1.54) is 5.56 Å². The average Bonchev–Trinajstić information content (AvgIpc) is 2.66. The standard InChI is InChI=1S/C23H28N2O3/c1-15-10-19-17(12-23(26)28-22(19)11-16(15)2)13-24-14-20(25(3)4)18-8-6-7-9-21(18)27-5/h6-12,20,24H,13-14H2,1-5H3/t20-/m1/s1. The van der Waals surface area contributed by atoms with Gasteiger partial charge in [0.2, 0.25) is 0 Å². The molecule has 0 radical (unpaired) electrons. The number of rotatable bonds is 7. The maximum Gasteiger partial charge on any atom is 0.336 e. The van der Waals surface area contributed by atoms with Crippen molar-refractivity contribution < 1.29 is 9.15 Å². The van der Waals surface area contributed by atoms with Gasteiger partial charge in [0, 0.05) is 30.1 Å². The lowest BCUT2D eigenvalue weighted by Gasteiger charge is -2.26. The lowest BCUT2D eigenvalue weighted by molar-refractivity contribution is 0.279. The number of nitrogens with one attached hydrogen (secondary N) is 1. The highest BCUT2D eigenvalue weighted by Gasteiger charge is 2.18. The summed E-state index contributed by atoms with van der Waals surface area (Å²) in [5.41, 5.74) is 4.70. The normalized spacial score (nSPS) is 12.5. The van der Waals surface area contributed by atoms with E-state index in [9.17, 15) is 4.79 Å². The van der Waals surface area contributed by atoms with E-state index in [4.69, 9.17) is 9.15 Å². The fraction of sp³-hybridized carbons (Fsp3) is 0.348. The number of hydrogen-bond donors (Lipinski definition) is 1. The van der Waals surface area contributed by atoms with Crippen molar-refractivity contribution in [3.63, 3.8) is 0 Å². The molecule has 2 aromatic carbocycles. The molecule has 0 bridgehead atoms. The molecule has 148 valence electrons. The smallest absolute Gasteiger partial charge is 0.336 e. The molecule has 1 atom stereocenters. The summed E-state index contributed by atoms with van der Waals surface area (Å²) in [6, 6.07) is 13.8. The van der Waals surface area contributed by atoms with E-state index in [2.05, 4.69) is 43.4 Å². The molecule has 0 aliphatic rings. The number of benzene rings is 2. The summed E-state index contributed by atoms with van der Waals surface area (Å²) in [4.78, 5) is 14.2. The fourth-order valence-electron chi connectivity index (χ4n) is 3.49. The molecule has 0 amide bonds. The summed E-state index contributed by atoms with van der Waals surface area (Å²) in [5.74, 6) is 0.875. The van der Waals surface area contributed by atoms with E-state index >= 15 is 0 Å². The second-order valence-corrected chi connectivity index (χ2v) is 7.38. The van der Waals surface area contributed by atoms with Crippen molar-refractivity contribution in [2.45, 2.75) is 26.4 Å². The molecule has 0 aliphatic heterocycles. The minimum Gasteiger partial charge on any atom is -0.496 e. The first-order valence-electron chi connectivity index (χ1n) is 9.44. The summed E-state index contributed by atoms with van der Waals surface area (Å²) < 4.78 is 10.9. The van der Waals surface area contributed by atoms with Crippen LogP contribution < -0.4 is 15.7 Å². The molecule has 0 fully saturated rings. The van der Waals surface area contributed by atoms with Gasteiger partial charge in [-0.15, -0.1) is 0 Å². The maximum atomic E-state index is 12.0. The molecule has 0 unspecified atom stereocenters. The third kappa shape index (κ3) is 4.26. The number of aryl methyl sites for hydroxylation is 2. The largest absolute Gasteiger partial charge is 0.496 e. The second kappa shape index (κ2) is 8.59. The summed E-state index contributed by atoms with van der Waals surface area (Å²) in [6.45, 7) is 5.40. The zero-order chi connectivity index (χ0) is 20.3. The van der Waals surface area contributed by atoms with E-state index in [1.54, 1.807) is 13.2 Å². The van der Waals surface area contributed by atoms with Gasteiger partial charge >= 0.3 is 5.63 Å². The number of fused-ring (bicyclic) bond motifs is 1. The Morgan fingerprint density at radius 2 is 1.82 bits per heavy atom. The predicted molar refractivity (Wildman–Crippen MR) is 113 cm³/mol. The van der Waals surface area contributed by atoms with Crippen molar-refractivity contribution >= 4 is 11.0 Å². The summed E-state index contributed by atoms with van der Waals surface area (Å²) in [6.07, 6.45) is 0. The second-order valence-electron chi connectivity index (χ2n) is 7.38. The minimum atomic E-state index is -0.318. The predicted octanol–water partition coefficient (Wildman–Crippen LogP) is 3.81. The van der Waals surface area contributed by atoms with Crippen LogP contribution in [0.4, 0.5) is 0 Å². The summed E-state index contributed by atoms with van der Waals surface area (Å²) >= 11 is 0. The highest BCUT2D eigenvalue weighted by atomic mass is 16.5. The van der Waals surface area contributed by atoms with Crippen LogP contribution in [0.25, 0.3) is 11.0 Å². The van der Waals surface area contributed by atoms with Crippen molar-refractivity contribution in [3.05, 3.63) is 75.1 Å². The van der Waals surface area contributed by atoms with Gasteiger partial charge in [-0.25, -0.2) is 4.79 Å². The Kier molecular flexibility index (Phi) is 6.17. The molecule has 5 nitrogen and oxygen atoms in total. The molecule has 1 N–H and O–H groups in total. The van der Waals surface area contributed by atoms with Gasteiger partial charge in [0.15, 0.2) is 0 Å². The van der Waals surface area contributed by atoms with Crippen molar-refractivity contribution in [2.24, 2.45) is 0 Å².